The Morgan fingerprint density at radius 1 is 1.20 bits per heavy atom. The molecule has 0 radical (unpaired) electrons. The monoisotopic (exact) mass is 378 g/mol. The molecule has 130 valence electrons. The number of rotatable bonds is 4. The Bertz CT molecular complexity index is 1030. The number of carbonyl (C=O) groups is 1. The number of benzene rings is 2. The summed E-state index contributed by atoms with van der Waals surface area (Å²) in [5, 5.41) is 8.76. The molecular weight excluding hydrogens is 364 g/mol. The van der Waals surface area contributed by atoms with Crippen LogP contribution in [0.5, 0.6) is 0 Å². The van der Waals surface area contributed by atoms with Gasteiger partial charge in [-0.3, -0.25) is 4.79 Å². The van der Waals surface area contributed by atoms with E-state index in [-0.39, 0.29) is 15.5 Å². The van der Waals surface area contributed by atoms with Crippen molar-refractivity contribution in [1.29, 1.82) is 0 Å². The fourth-order valence-corrected chi connectivity index (χ4v) is 3.50. The van der Waals surface area contributed by atoms with Gasteiger partial charge in [-0.15, -0.1) is 0 Å². The van der Waals surface area contributed by atoms with E-state index in [2.05, 4.69) is 5.32 Å². The normalized spacial score (nSPS) is 12.9. The fraction of sp³-hybridized carbons (Fsp3) is 0.118. The minimum Gasteiger partial charge on any atom is -0.459 e. The number of nitrogens with two attached hydrogens (primary N) is 1. The summed E-state index contributed by atoms with van der Waals surface area (Å²) in [6.07, 6.45) is 0. The molecule has 0 saturated carbocycles. The van der Waals surface area contributed by atoms with Crippen LogP contribution in [0.15, 0.2) is 57.8 Å². The summed E-state index contributed by atoms with van der Waals surface area (Å²) in [6, 6.07) is 12.8. The molecule has 6 nitrogen and oxygen atoms in total. The third-order valence-corrected chi connectivity index (χ3v) is 5.11. The zero-order valence-electron chi connectivity index (χ0n) is 13.2. The maximum Gasteiger partial charge on any atom is 0.251 e. The van der Waals surface area contributed by atoms with Crippen molar-refractivity contribution in [2.45, 2.75) is 17.9 Å². The first-order chi connectivity index (χ1) is 11.8. The van der Waals surface area contributed by atoms with Crippen LogP contribution in [-0.2, 0) is 10.0 Å². The summed E-state index contributed by atoms with van der Waals surface area (Å²) in [5.74, 6) is 0.129. The number of hydrogen-bond donors (Lipinski definition) is 2. The lowest BCUT2D eigenvalue weighted by Crippen LogP contribution is -2.26. The highest BCUT2D eigenvalue weighted by Gasteiger charge is 2.19. The molecule has 1 heterocycles. The van der Waals surface area contributed by atoms with Gasteiger partial charge in [0.05, 0.1) is 11.1 Å². The van der Waals surface area contributed by atoms with Crippen LogP contribution in [-0.4, -0.2) is 14.3 Å². The lowest BCUT2D eigenvalue weighted by molar-refractivity contribution is 0.0935. The van der Waals surface area contributed by atoms with Gasteiger partial charge in [-0.2, -0.15) is 0 Å². The van der Waals surface area contributed by atoms with E-state index in [1.54, 1.807) is 6.92 Å². The molecule has 1 aromatic heterocycles. The largest absolute Gasteiger partial charge is 0.459 e. The maximum absolute atomic E-state index is 12.4. The molecule has 2 aromatic carbocycles. The van der Waals surface area contributed by atoms with Gasteiger partial charge in [0, 0.05) is 10.9 Å². The first-order valence-electron chi connectivity index (χ1n) is 7.37. The molecule has 8 heteroatoms. The number of sulfonamides is 1. The van der Waals surface area contributed by atoms with Gasteiger partial charge < -0.3 is 9.73 Å². The van der Waals surface area contributed by atoms with Crippen molar-refractivity contribution in [3.63, 3.8) is 0 Å². The number of fused-ring (bicyclic) bond motifs is 1. The Labute approximate surface area is 149 Å². The van der Waals surface area contributed by atoms with Crippen molar-refractivity contribution in [1.82, 2.24) is 5.32 Å². The van der Waals surface area contributed by atoms with Gasteiger partial charge in [0.2, 0.25) is 10.0 Å². The van der Waals surface area contributed by atoms with Crippen molar-refractivity contribution in [3.05, 3.63) is 64.9 Å². The van der Waals surface area contributed by atoms with Gasteiger partial charge in [0.15, 0.2) is 0 Å². The average molecular weight is 379 g/mol. The molecule has 3 rings (SSSR count). The minimum absolute atomic E-state index is 0.0376. The number of nitrogens with one attached hydrogen (secondary N) is 1. The molecule has 25 heavy (non-hydrogen) atoms. The first-order valence-corrected chi connectivity index (χ1v) is 9.30. The number of furan rings is 1. The number of carbonyl (C=O) groups excluding carboxylic acids is 1. The van der Waals surface area contributed by atoms with Crippen molar-refractivity contribution in [3.8, 4) is 0 Å². The number of halogens is 1. The van der Waals surface area contributed by atoms with E-state index in [4.69, 9.17) is 21.2 Å². The Hall–Kier alpha value is -2.35. The van der Waals surface area contributed by atoms with Crippen LogP contribution < -0.4 is 10.5 Å². The highest BCUT2D eigenvalue weighted by atomic mass is 35.5. The number of primary sulfonamides is 1. The van der Waals surface area contributed by atoms with Crippen molar-refractivity contribution >= 4 is 38.5 Å². The van der Waals surface area contributed by atoms with Crippen LogP contribution in [0, 0.1) is 0 Å². The quantitative estimate of drug-likeness (QED) is 0.727. The molecule has 0 aliphatic rings. The molecular formula is C17H15ClN2O4S. The average Bonchev–Trinajstić information content (AvgIpc) is 2.98. The summed E-state index contributed by atoms with van der Waals surface area (Å²) in [6.45, 7) is 1.77. The molecule has 3 aromatic rings. The number of hydrogen-bond acceptors (Lipinski definition) is 4. The fourth-order valence-electron chi connectivity index (χ4n) is 2.43. The third-order valence-electron chi connectivity index (χ3n) is 3.72. The predicted octanol–water partition coefficient (Wildman–Crippen LogP) is 3.22. The summed E-state index contributed by atoms with van der Waals surface area (Å²) in [4.78, 5) is 12.1. The Morgan fingerprint density at radius 2 is 1.92 bits per heavy atom. The van der Waals surface area contributed by atoms with Gasteiger partial charge in [-0.1, -0.05) is 29.8 Å². The van der Waals surface area contributed by atoms with E-state index in [1.165, 1.54) is 12.1 Å². The predicted molar refractivity (Wildman–Crippen MR) is 94.9 cm³/mol. The van der Waals surface area contributed by atoms with Crippen molar-refractivity contribution in [2.75, 3.05) is 0 Å². The molecule has 0 bridgehead atoms. The van der Waals surface area contributed by atoms with Crippen molar-refractivity contribution in [2.24, 2.45) is 5.14 Å². The third kappa shape index (κ3) is 3.68. The van der Waals surface area contributed by atoms with Gasteiger partial charge in [-0.05, 0) is 37.3 Å². The smallest absolute Gasteiger partial charge is 0.251 e. The lowest BCUT2D eigenvalue weighted by Gasteiger charge is -2.12. The lowest BCUT2D eigenvalue weighted by atomic mass is 10.1. The summed E-state index contributed by atoms with van der Waals surface area (Å²) < 4.78 is 28.7. The number of amides is 1. The summed E-state index contributed by atoms with van der Waals surface area (Å²) in [7, 11) is -4.02. The molecule has 1 atom stereocenters. The molecule has 3 N–H and O–H groups in total. The molecule has 0 fully saturated rings. The Balaban J connectivity index is 1.84. The van der Waals surface area contributed by atoms with Crippen LogP contribution in [0.1, 0.15) is 29.1 Å². The Kier molecular flexibility index (Phi) is 4.55. The second-order valence-corrected chi connectivity index (χ2v) is 7.51. The van der Waals surface area contributed by atoms with Crippen LogP contribution >= 0.6 is 11.6 Å². The molecule has 0 spiro atoms. The second kappa shape index (κ2) is 6.51. The van der Waals surface area contributed by atoms with Crippen LogP contribution in [0.3, 0.4) is 0 Å². The van der Waals surface area contributed by atoms with Gasteiger partial charge in [-0.25, -0.2) is 13.6 Å². The van der Waals surface area contributed by atoms with Gasteiger partial charge in [0.25, 0.3) is 5.91 Å². The molecule has 0 unspecified atom stereocenters. The van der Waals surface area contributed by atoms with Gasteiger partial charge >= 0.3 is 0 Å². The first kappa shape index (κ1) is 17.5. The zero-order chi connectivity index (χ0) is 18.2. The van der Waals surface area contributed by atoms with Crippen molar-refractivity contribution < 1.29 is 17.6 Å². The van der Waals surface area contributed by atoms with E-state index in [0.717, 1.165) is 17.0 Å². The molecule has 0 saturated heterocycles. The topological polar surface area (TPSA) is 102 Å². The minimum atomic E-state index is -4.02. The van der Waals surface area contributed by atoms with E-state index in [1.807, 2.05) is 30.3 Å². The maximum atomic E-state index is 12.4. The van der Waals surface area contributed by atoms with Crippen LogP contribution in [0.2, 0.25) is 5.02 Å². The number of para-hydroxylation sites is 1. The van der Waals surface area contributed by atoms with Gasteiger partial charge in [0.1, 0.15) is 16.2 Å². The van der Waals surface area contributed by atoms with E-state index < -0.39 is 22.0 Å². The van der Waals surface area contributed by atoms with E-state index in [0.29, 0.717) is 5.76 Å². The van der Waals surface area contributed by atoms with E-state index >= 15 is 0 Å². The second-order valence-electron chi connectivity index (χ2n) is 5.57. The molecule has 0 aliphatic heterocycles. The molecule has 0 aliphatic carbocycles. The standard InChI is InChI=1S/C17H15ClN2O4S/c1-10(15-8-11-4-2-3-5-14(11)24-15)20-17(21)12-6-7-13(18)16(9-12)25(19,22)23/h2-10H,1H3,(H,20,21)(H2,19,22,23)/t10-/m1/s1. The van der Waals surface area contributed by atoms with Crippen LogP contribution in [0.25, 0.3) is 11.0 Å². The summed E-state index contributed by atoms with van der Waals surface area (Å²) in [5.41, 5.74) is 0.859. The zero-order valence-corrected chi connectivity index (χ0v) is 14.8. The SMILES string of the molecule is C[C@@H](NC(=O)c1ccc(Cl)c(S(N)(=O)=O)c1)c1cc2ccccc2o1. The van der Waals surface area contributed by atoms with E-state index in [9.17, 15) is 13.2 Å². The molecule has 1 amide bonds. The van der Waals surface area contributed by atoms with Crippen LogP contribution in [0.4, 0.5) is 0 Å². The summed E-state index contributed by atoms with van der Waals surface area (Å²) >= 11 is 5.83. The highest BCUT2D eigenvalue weighted by molar-refractivity contribution is 7.89. The highest BCUT2D eigenvalue weighted by Crippen LogP contribution is 2.25. The Morgan fingerprint density at radius 3 is 2.60 bits per heavy atom.